The van der Waals surface area contributed by atoms with Gasteiger partial charge in [-0.1, -0.05) is 29.8 Å². The molecule has 8 aromatic heterocycles. The Balaban J connectivity index is 0.000000159. The summed E-state index contributed by atoms with van der Waals surface area (Å²) >= 11 is 3.28. The Morgan fingerprint density at radius 2 is 1.08 bits per heavy atom. The average molecular weight is 1030 g/mol. The van der Waals surface area contributed by atoms with Crippen molar-refractivity contribution < 1.29 is 36.3 Å². The molecule has 0 bridgehead atoms. The third-order valence-electron chi connectivity index (χ3n) is 11.9. The lowest BCUT2D eigenvalue weighted by atomic mass is 9.95. The molecule has 0 radical (unpaired) electrons. The first kappa shape index (κ1) is 45.7. The van der Waals surface area contributed by atoms with Crippen molar-refractivity contribution in [1.29, 1.82) is 0 Å². The molecule has 0 spiro atoms. The predicted octanol–water partition coefficient (Wildman–Crippen LogP) is 11.0. The maximum absolute atomic E-state index is 15.3. The number of nitrogens with zero attached hydrogens (tertiary/aromatic N) is 10. The summed E-state index contributed by atoms with van der Waals surface area (Å²) in [6.45, 7) is 3.76. The van der Waals surface area contributed by atoms with Crippen LogP contribution in [0.3, 0.4) is 0 Å². The van der Waals surface area contributed by atoms with E-state index >= 15 is 4.39 Å². The molecule has 4 aromatic carbocycles. The quantitative estimate of drug-likeness (QED) is 0.126. The van der Waals surface area contributed by atoms with Crippen LogP contribution >= 0.6 is 15.9 Å². The molecule has 12 aromatic rings. The fourth-order valence-electron chi connectivity index (χ4n) is 8.16. The number of aromatic nitrogens is 10. The van der Waals surface area contributed by atoms with Gasteiger partial charge in [0.2, 0.25) is 0 Å². The van der Waals surface area contributed by atoms with Gasteiger partial charge in [0.1, 0.15) is 47.2 Å². The van der Waals surface area contributed by atoms with Gasteiger partial charge in [-0.2, -0.15) is 9.97 Å². The molecular formula is C52H36BrF4N11O4. The van der Waals surface area contributed by atoms with Crippen LogP contribution in [0.2, 0.25) is 0 Å². The number of aliphatic hydroxyl groups is 1. The first-order chi connectivity index (χ1) is 34.8. The molecule has 0 aliphatic carbocycles. The number of rotatable bonds is 10. The van der Waals surface area contributed by atoms with Gasteiger partial charge in [-0.3, -0.25) is 22.4 Å². The monoisotopic (exact) mass is 1030 g/mol. The third-order valence-corrected chi connectivity index (χ3v) is 12.4. The van der Waals surface area contributed by atoms with Gasteiger partial charge < -0.3 is 19.3 Å². The molecule has 0 fully saturated rings. The van der Waals surface area contributed by atoms with Crippen LogP contribution < -0.4 is 5.32 Å². The number of nitrogens with one attached hydrogen (secondary N) is 1. The van der Waals surface area contributed by atoms with Crippen molar-refractivity contribution in [2.24, 2.45) is 5.41 Å². The third kappa shape index (κ3) is 8.45. The number of hydrogen-bond donors (Lipinski definition) is 2. The van der Waals surface area contributed by atoms with Crippen LogP contribution in [0.5, 0.6) is 0 Å². The van der Waals surface area contributed by atoms with E-state index < -0.39 is 23.0 Å². The van der Waals surface area contributed by atoms with E-state index in [0.717, 1.165) is 22.9 Å². The minimum atomic E-state index is -0.637. The lowest BCUT2D eigenvalue weighted by Crippen LogP contribution is -2.36. The largest absolute Gasteiger partial charge is 0.432 e. The van der Waals surface area contributed by atoms with Crippen molar-refractivity contribution in [3.63, 3.8) is 0 Å². The molecule has 1 amide bonds. The van der Waals surface area contributed by atoms with Gasteiger partial charge in [-0.15, -0.1) is 20.4 Å². The molecule has 0 atom stereocenters. The number of imidazole rings is 2. The van der Waals surface area contributed by atoms with E-state index in [2.05, 4.69) is 51.6 Å². The number of halogens is 5. The lowest BCUT2D eigenvalue weighted by molar-refractivity contribution is 0.0910. The molecule has 72 heavy (non-hydrogen) atoms. The zero-order valence-corrected chi connectivity index (χ0v) is 39.4. The van der Waals surface area contributed by atoms with Crippen LogP contribution in [-0.4, -0.2) is 72.1 Å². The van der Waals surface area contributed by atoms with Crippen molar-refractivity contribution in [2.75, 3.05) is 13.2 Å². The van der Waals surface area contributed by atoms with Crippen molar-refractivity contribution >= 4 is 44.8 Å². The number of carbonyl (C=O) groups is 1. The zero-order chi connectivity index (χ0) is 49.8. The van der Waals surface area contributed by atoms with Crippen molar-refractivity contribution in [2.45, 2.75) is 13.8 Å². The van der Waals surface area contributed by atoms with Gasteiger partial charge in [-0.05, 0) is 109 Å². The summed E-state index contributed by atoms with van der Waals surface area (Å²) < 4.78 is 75.7. The Morgan fingerprint density at radius 1 is 0.611 bits per heavy atom. The molecular weight excluding hydrogens is 999 g/mol. The second kappa shape index (κ2) is 18.2. The standard InChI is InChI=1S/C29H24F2N6O3.C23H12BrF2N5O/c1-29(2,16-38)15-32-27(39)18-5-9-21(22(31)13-18)26-35-34-23-10-6-19(14-37(23)26)25-24(17-3-7-20(30)8-4-17)33-28-36(25)11-12-40-28;24-15-4-7-17(18(26)11-15)22-29-28-19-8-3-14(12-31(19)22)21-20(13-1-5-16(25)6-2-13)27-23-30(21)9-10-32-23/h3-14,38H,15-16H2,1-2H3,(H,32,39);1-12H. The van der Waals surface area contributed by atoms with Crippen LogP contribution in [-0.2, 0) is 0 Å². The van der Waals surface area contributed by atoms with Crippen molar-refractivity contribution in [3.05, 3.63) is 180 Å². The van der Waals surface area contributed by atoms with Crippen molar-refractivity contribution in [3.8, 4) is 67.8 Å². The minimum Gasteiger partial charge on any atom is -0.432 e. The van der Waals surface area contributed by atoms with Gasteiger partial charge in [0.25, 0.3) is 5.91 Å². The smallest absolute Gasteiger partial charge is 0.306 e. The number of carbonyl (C=O) groups excluding carboxylic acids is 1. The Bertz CT molecular complexity index is 4010. The number of hydrogen-bond acceptors (Lipinski definition) is 10. The first-order valence-corrected chi connectivity index (χ1v) is 22.9. The number of pyridine rings is 2. The van der Waals surface area contributed by atoms with Crippen LogP contribution in [0.4, 0.5) is 17.6 Å². The van der Waals surface area contributed by atoms with Gasteiger partial charge in [0.15, 0.2) is 22.9 Å². The normalized spacial score (nSPS) is 11.8. The van der Waals surface area contributed by atoms with Gasteiger partial charge >= 0.3 is 11.7 Å². The van der Waals surface area contributed by atoms with E-state index in [1.807, 2.05) is 36.6 Å². The van der Waals surface area contributed by atoms with E-state index in [1.165, 1.54) is 48.7 Å². The molecule has 0 aliphatic heterocycles. The fraction of sp³-hybridized carbons (Fsp3) is 0.0962. The second-order valence-corrected chi connectivity index (χ2v) is 18.3. The van der Waals surface area contributed by atoms with E-state index in [1.54, 1.807) is 86.6 Å². The molecule has 358 valence electrons. The summed E-state index contributed by atoms with van der Waals surface area (Å²) in [5.74, 6) is -0.785. The maximum Gasteiger partial charge on any atom is 0.306 e. The van der Waals surface area contributed by atoms with Crippen molar-refractivity contribution in [1.82, 2.24) is 53.3 Å². The fourth-order valence-corrected chi connectivity index (χ4v) is 8.49. The molecule has 8 heterocycles. The van der Waals surface area contributed by atoms with E-state index in [-0.39, 0.29) is 41.7 Å². The number of amides is 1. The highest BCUT2D eigenvalue weighted by atomic mass is 79.9. The van der Waals surface area contributed by atoms with Crippen LogP contribution in [0.1, 0.15) is 24.2 Å². The van der Waals surface area contributed by atoms with Crippen LogP contribution in [0.25, 0.3) is 90.8 Å². The Kier molecular flexibility index (Phi) is 11.6. The molecule has 0 aliphatic rings. The topological polar surface area (TPSA) is 171 Å². The first-order valence-electron chi connectivity index (χ1n) is 22.1. The van der Waals surface area contributed by atoms with Crippen LogP contribution in [0.15, 0.2) is 160 Å². The minimum absolute atomic E-state index is 0.0979. The van der Waals surface area contributed by atoms with E-state index in [9.17, 15) is 23.1 Å². The summed E-state index contributed by atoms with van der Waals surface area (Å²) in [4.78, 5) is 21.8. The van der Waals surface area contributed by atoms with Gasteiger partial charge in [0, 0.05) is 75.6 Å². The highest BCUT2D eigenvalue weighted by molar-refractivity contribution is 9.10. The molecule has 2 N–H and O–H groups in total. The molecule has 0 saturated carbocycles. The summed E-state index contributed by atoms with van der Waals surface area (Å²) in [6, 6.07) is 28.3. The SMILES string of the molecule is CC(C)(CO)CNC(=O)c1ccc(-c2nnc3ccc(-c4c(-c5ccc(F)cc5)nc5occn45)cn23)c(F)c1.Fc1ccc(-c2nc3occn3c2-c2ccc3nnc(-c4ccc(Br)cc4F)n3c2)cc1. The molecule has 12 rings (SSSR count). The summed E-state index contributed by atoms with van der Waals surface area (Å²) in [5, 5.41) is 28.9. The summed E-state index contributed by atoms with van der Waals surface area (Å²) in [6.07, 6.45) is 10.1. The van der Waals surface area contributed by atoms with E-state index in [0.29, 0.717) is 67.1 Å². The average Bonchev–Trinajstić information content (AvgIpc) is 4.25. The lowest BCUT2D eigenvalue weighted by Gasteiger charge is -2.21. The second-order valence-electron chi connectivity index (χ2n) is 17.4. The Hall–Kier alpha value is -8.75. The number of oxazole rings is 2. The Labute approximate surface area is 412 Å². The molecule has 0 unspecified atom stereocenters. The number of benzene rings is 4. The van der Waals surface area contributed by atoms with Crippen LogP contribution in [0, 0.1) is 28.7 Å². The predicted molar refractivity (Wildman–Crippen MR) is 261 cm³/mol. The summed E-state index contributed by atoms with van der Waals surface area (Å²) in [5.41, 5.74) is 6.79. The maximum atomic E-state index is 15.3. The van der Waals surface area contributed by atoms with E-state index in [4.69, 9.17) is 8.83 Å². The number of fused-ring (bicyclic) bond motifs is 4. The van der Waals surface area contributed by atoms with Gasteiger partial charge in [0.05, 0.1) is 22.5 Å². The molecule has 0 saturated heterocycles. The molecule has 15 nitrogen and oxygen atoms in total. The number of aliphatic hydroxyl groups excluding tert-OH is 1. The zero-order valence-electron chi connectivity index (χ0n) is 37.8. The molecule has 20 heteroatoms. The summed E-state index contributed by atoms with van der Waals surface area (Å²) in [7, 11) is 0. The highest BCUT2D eigenvalue weighted by Crippen LogP contribution is 2.36. The van der Waals surface area contributed by atoms with Gasteiger partial charge in [-0.25, -0.2) is 17.6 Å². The highest BCUT2D eigenvalue weighted by Gasteiger charge is 2.24. The Morgan fingerprint density at radius 3 is 1.56 bits per heavy atom.